The quantitative estimate of drug-likeness (QED) is 0.805. The third-order valence-corrected chi connectivity index (χ3v) is 4.73. The normalized spacial score (nSPS) is 15.4. The fraction of sp³-hybridized carbons (Fsp3) is 0.353. The van der Waals surface area contributed by atoms with E-state index in [1.807, 2.05) is 0 Å². The standard InChI is InChI=1S/C17H16ClF4NO3/c1-9(11-5-6-12(26-3)15(19)14(11)18)16(25,17(20,21)22)10-4-7-13(24)23(2)8-10/h4-9,25H,1-3H3/t9?,16-/m0/s1. The Bertz CT molecular complexity index is 881. The lowest BCUT2D eigenvalue weighted by molar-refractivity contribution is -0.274. The zero-order valence-corrected chi connectivity index (χ0v) is 14.8. The second-order valence-electron chi connectivity index (χ2n) is 5.84. The smallest absolute Gasteiger partial charge is 0.422 e. The van der Waals surface area contributed by atoms with Crippen LogP contribution in [-0.4, -0.2) is 23.0 Å². The van der Waals surface area contributed by atoms with E-state index < -0.39 is 39.7 Å². The molecule has 1 N–H and O–H groups in total. The molecule has 0 amide bonds. The Kier molecular flexibility index (Phi) is 5.39. The molecule has 0 aliphatic rings. The number of methoxy groups -OCH3 is 1. The summed E-state index contributed by atoms with van der Waals surface area (Å²) in [7, 11) is 2.45. The average Bonchev–Trinajstić information content (AvgIpc) is 2.57. The number of hydrogen-bond acceptors (Lipinski definition) is 3. The van der Waals surface area contributed by atoms with Crippen LogP contribution in [0.15, 0.2) is 35.3 Å². The molecule has 1 aromatic heterocycles. The minimum absolute atomic E-state index is 0.233. The largest absolute Gasteiger partial charge is 0.494 e. The van der Waals surface area contributed by atoms with Gasteiger partial charge in [0.05, 0.1) is 12.1 Å². The van der Waals surface area contributed by atoms with Gasteiger partial charge < -0.3 is 14.4 Å². The Labute approximate surface area is 151 Å². The molecule has 0 spiro atoms. The van der Waals surface area contributed by atoms with Gasteiger partial charge in [-0.05, 0) is 17.7 Å². The average molecular weight is 394 g/mol. The topological polar surface area (TPSA) is 51.5 Å². The fourth-order valence-electron chi connectivity index (χ4n) is 2.74. The molecule has 1 unspecified atom stereocenters. The molecule has 26 heavy (non-hydrogen) atoms. The van der Waals surface area contributed by atoms with Gasteiger partial charge in [-0.2, -0.15) is 13.2 Å². The molecule has 1 aromatic carbocycles. The third kappa shape index (κ3) is 3.19. The van der Waals surface area contributed by atoms with Gasteiger partial charge in [0.2, 0.25) is 5.56 Å². The summed E-state index contributed by atoms with van der Waals surface area (Å²) < 4.78 is 61.3. The van der Waals surface area contributed by atoms with E-state index in [9.17, 15) is 27.5 Å². The van der Waals surface area contributed by atoms with E-state index in [-0.39, 0.29) is 11.3 Å². The minimum atomic E-state index is -5.12. The van der Waals surface area contributed by atoms with E-state index in [1.165, 1.54) is 14.2 Å². The van der Waals surface area contributed by atoms with Crippen molar-refractivity contribution in [2.24, 2.45) is 7.05 Å². The summed E-state index contributed by atoms with van der Waals surface area (Å²) in [5.74, 6) is -2.93. The predicted octanol–water partition coefficient (Wildman–Crippen LogP) is 3.74. The first-order valence-electron chi connectivity index (χ1n) is 7.43. The lowest BCUT2D eigenvalue weighted by atomic mass is 9.78. The highest BCUT2D eigenvalue weighted by atomic mass is 35.5. The van der Waals surface area contributed by atoms with Crippen molar-refractivity contribution >= 4 is 11.6 Å². The van der Waals surface area contributed by atoms with E-state index >= 15 is 0 Å². The van der Waals surface area contributed by atoms with Crippen LogP contribution in [0.4, 0.5) is 17.6 Å². The van der Waals surface area contributed by atoms with Crippen molar-refractivity contribution in [1.82, 2.24) is 4.57 Å². The summed E-state index contributed by atoms with van der Waals surface area (Å²) in [5.41, 5.74) is -4.76. The minimum Gasteiger partial charge on any atom is -0.494 e. The number of pyridine rings is 1. The number of ether oxygens (including phenoxy) is 1. The van der Waals surface area contributed by atoms with Crippen molar-refractivity contribution < 1.29 is 27.4 Å². The summed E-state index contributed by atoms with van der Waals surface area (Å²) in [6.45, 7) is 1.08. The van der Waals surface area contributed by atoms with Crippen LogP contribution in [0, 0.1) is 5.82 Å². The molecule has 0 aliphatic carbocycles. The summed E-state index contributed by atoms with van der Waals surface area (Å²) in [4.78, 5) is 11.5. The molecular formula is C17H16ClF4NO3. The van der Waals surface area contributed by atoms with E-state index in [2.05, 4.69) is 0 Å². The number of nitrogens with zero attached hydrogens (tertiary/aromatic N) is 1. The summed E-state index contributed by atoms with van der Waals surface area (Å²) in [6.07, 6.45) is -4.23. The zero-order chi connectivity index (χ0) is 19.9. The molecule has 2 aromatic rings. The Morgan fingerprint density at radius 3 is 2.35 bits per heavy atom. The first kappa shape index (κ1) is 20.3. The van der Waals surface area contributed by atoms with Crippen molar-refractivity contribution in [1.29, 1.82) is 0 Å². The van der Waals surface area contributed by atoms with Crippen LogP contribution in [0.2, 0.25) is 5.02 Å². The van der Waals surface area contributed by atoms with Gasteiger partial charge >= 0.3 is 6.18 Å². The third-order valence-electron chi connectivity index (χ3n) is 4.35. The molecule has 2 rings (SSSR count). The summed E-state index contributed by atoms with van der Waals surface area (Å²) in [5, 5.41) is 10.1. The molecule has 0 saturated heterocycles. The highest BCUT2D eigenvalue weighted by Gasteiger charge is 2.59. The number of rotatable bonds is 4. The summed E-state index contributed by atoms with van der Waals surface area (Å²) in [6, 6.07) is 4.09. The van der Waals surface area contributed by atoms with E-state index in [4.69, 9.17) is 16.3 Å². The van der Waals surface area contributed by atoms with Gasteiger partial charge in [-0.1, -0.05) is 24.6 Å². The monoisotopic (exact) mass is 393 g/mol. The second-order valence-corrected chi connectivity index (χ2v) is 6.22. The van der Waals surface area contributed by atoms with Crippen molar-refractivity contribution in [3.8, 4) is 5.75 Å². The van der Waals surface area contributed by atoms with Crippen LogP contribution < -0.4 is 10.3 Å². The van der Waals surface area contributed by atoms with Crippen LogP contribution in [0.5, 0.6) is 5.75 Å². The summed E-state index contributed by atoms with van der Waals surface area (Å²) >= 11 is 5.88. The lowest BCUT2D eigenvalue weighted by Crippen LogP contribution is -2.47. The van der Waals surface area contributed by atoms with Crippen molar-refractivity contribution in [2.45, 2.75) is 24.6 Å². The fourth-order valence-corrected chi connectivity index (χ4v) is 3.06. The molecule has 0 fully saturated rings. The number of aromatic nitrogens is 1. The maximum Gasteiger partial charge on any atom is 0.422 e. The van der Waals surface area contributed by atoms with E-state index in [0.717, 1.165) is 42.0 Å². The number of alkyl halides is 3. The SMILES string of the molecule is COc1ccc(C(C)[C@](O)(c2ccc(=O)n(C)c2)C(F)(F)F)c(Cl)c1F. The molecule has 0 radical (unpaired) electrons. The molecule has 142 valence electrons. The number of aliphatic hydroxyl groups is 1. The molecule has 0 aliphatic heterocycles. The van der Waals surface area contributed by atoms with Crippen LogP contribution in [0.1, 0.15) is 24.0 Å². The van der Waals surface area contributed by atoms with Gasteiger partial charge in [0.1, 0.15) is 0 Å². The van der Waals surface area contributed by atoms with Crippen molar-refractivity contribution in [3.05, 3.63) is 62.8 Å². The number of hydrogen-bond donors (Lipinski definition) is 1. The number of halogens is 5. The Hall–Kier alpha value is -2.06. The van der Waals surface area contributed by atoms with E-state index in [0.29, 0.717) is 0 Å². The first-order chi connectivity index (χ1) is 11.9. The van der Waals surface area contributed by atoms with Gasteiger partial charge in [-0.25, -0.2) is 4.39 Å². The Morgan fingerprint density at radius 1 is 1.23 bits per heavy atom. The second kappa shape index (κ2) is 6.92. The van der Waals surface area contributed by atoms with E-state index in [1.54, 1.807) is 0 Å². The molecule has 1 heterocycles. The Morgan fingerprint density at radius 2 is 1.85 bits per heavy atom. The maximum atomic E-state index is 14.2. The van der Waals surface area contributed by atoms with Gasteiger partial charge in [-0.3, -0.25) is 4.79 Å². The molecule has 9 heteroatoms. The van der Waals surface area contributed by atoms with Crippen LogP contribution in [-0.2, 0) is 12.6 Å². The van der Waals surface area contributed by atoms with Gasteiger partial charge in [0.15, 0.2) is 17.2 Å². The number of benzene rings is 1. The molecule has 0 saturated carbocycles. The van der Waals surface area contributed by atoms with Crippen LogP contribution >= 0.6 is 11.6 Å². The highest BCUT2D eigenvalue weighted by Crippen LogP contribution is 2.50. The molecule has 2 atom stereocenters. The Balaban J connectivity index is 2.70. The first-order valence-corrected chi connectivity index (χ1v) is 7.81. The maximum absolute atomic E-state index is 14.2. The molecular weight excluding hydrogens is 378 g/mol. The zero-order valence-electron chi connectivity index (χ0n) is 14.1. The van der Waals surface area contributed by atoms with Crippen molar-refractivity contribution in [2.75, 3.05) is 7.11 Å². The van der Waals surface area contributed by atoms with Gasteiger partial charge in [0.25, 0.3) is 0 Å². The predicted molar refractivity (Wildman–Crippen MR) is 88.0 cm³/mol. The van der Waals surface area contributed by atoms with Crippen LogP contribution in [0.3, 0.4) is 0 Å². The van der Waals surface area contributed by atoms with Crippen molar-refractivity contribution in [3.63, 3.8) is 0 Å². The van der Waals surface area contributed by atoms with Crippen LogP contribution in [0.25, 0.3) is 0 Å². The lowest BCUT2D eigenvalue weighted by Gasteiger charge is -2.37. The number of aryl methyl sites for hydroxylation is 1. The van der Waals surface area contributed by atoms with Gasteiger partial charge in [0, 0.05) is 30.8 Å². The molecule has 0 bridgehead atoms. The van der Waals surface area contributed by atoms with Gasteiger partial charge in [-0.15, -0.1) is 0 Å². The highest BCUT2D eigenvalue weighted by molar-refractivity contribution is 6.31. The molecule has 4 nitrogen and oxygen atoms in total.